The molecule has 2 atom stereocenters. The van der Waals surface area contributed by atoms with Crippen molar-refractivity contribution in [2.24, 2.45) is 0 Å². The summed E-state index contributed by atoms with van der Waals surface area (Å²) in [5.41, 5.74) is -0.827. The second-order valence-corrected chi connectivity index (χ2v) is 6.25. The average molecular weight is 284 g/mol. The third-order valence-electron chi connectivity index (χ3n) is 4.23. The molecule has 2 aliphatic heterocycles. The number of carboxylic acid groups (broad SMARTS) is 1. The maximum atomic E-state index is 12.6. The first-order valence-electron chi connectivity index (χ1n) is 7.39. The molecule has 2 rings (SSSR count). The van der Waals surface area contributed by atoms with Crippen LogP contribution in [0.2, 0.25) is 0 Å². The first-order chi connectivity index (χ1) is 9.39. The topological polar surface area (TPSA) is 81.1 Å². The normalized spacial score (nSPS) is 31.2. The number of amides is 2. The van der Waals surface area contributed by atoms with E-state index in [9.17, 15) is 14.7 Å². The molecule has 0 aromatic carbocycles. The third-order valence-corrected chi connectivity index (χ3v) is 4.23. The Morgan fingerprint density at radius 2 is 2.00 bits per heavy atom. The van der Waals surface area contributed by atoms with E-state index < -0.39 is 11.6 Å². The van der Waals surface area contributed by atoms with Gasteiger partial charge in [-0.1, -0.05) is 0 Å². The van der Waals surface area contributed by atoms with Gasteiger partial charge in [0.05, 0.1) is 18.6 Å². The van der Waals surface area contributed by atoms with Crippen molar-refractivity contribution in [1.82, 2.24) is 9.80 Å². The molecule has 0 aromatic rings. The summed E-state index contributed by atoms with van der Waals surface area (Å²) in [6.45, 7) is 3.35. The lowest BCUT2D eigenvalue weighted by Crippen LogP contribution is -2.56. The van der Waals surface area contributed by atoms with Gasteiger partial charge in [-0.2, -0.15) is 0 Å². The maximum Gasteiger partial charge on any atom is 0.320 e. The molecule has 2 amide bonds. The van der Waals surface area contributed by atoms with Gasteiger partial charge in [-0.05, 0) is 39.0 Å². The van der Waals surface area contributed by atoms with Crippen LogP contribution in [0.15, 0.2) is 0 Å². The standard InChI is InChI=1S/C14H24N2O4/c1-14(20)6-4-7-15(10-14)13(19)16-8-3-2-5-11(16)9-12(17)18/h11,20H,2-10H2,1H3,(H,17,18). The highest BCUT2D eigenvalue weighted by atomic mass is 16.4. The molecule has 2 heterocycles. The molecule has 0 bridgehead atoms. The summed E-state index contributed by atoms with van der Waals surface area (Å²) < 4.78 is 0. The Bertz CT molecular complexity index is 383. The number of rotatable bonds is 2. The van der Waals surface area contributed by atoms with Crippen molar-refractivity contribution in [3.8, 4) is 0 Å². The van der Waals surface area contributed by atoms with E-state index in [4.69, 9.17) is 5.11 Å². The van der Waals surface area contributed by atoms with Crippen molar-refractivity contribution >= 4 is 12.0 Å². The summed E-state index contributed by atoms with van der Waals surface area (Å²) in [6.07, 6.45) is 4.15. The SMILES string of the molecule is CC1(O)CCCN(C(=O)N2CCCCC2CC(=O)O)C1. The molecule has 2 aliphatic rings. The Morgan fingerprint density at radius 1 is 1.25 bits per heavy atom. The molecule has 0 spiro atoms. The van der Waals surface area contributed by atoms with Gasteiger partial charge in [-0.15, -0.1) is 0 Å². The van der Waals surface area contributed by atoms with Crippen LogP contribution in [0.25, 0.3) is 0 Å². The van der Waals surface area contributed by atoms with E-state index in [0.29, 0.717) is 26.1 Å². The number of β-amino-alcohol motifs (C(OH)–C–C–N with tert-alkyl or cyclic N) is 1. The Labute approximate surface area is 119 Å². The zero-order valence-corrected chi connectivity index (χ0v) is 12.0. The number of carbonyl (C=O) groups excluding carboxylic acids is 1. The van der Waals surface area contributed by atoms with Gasteiger partial charge in [0.1, 0.15) is 0 Å². The largest absolute Gasteiger partial charge is 0.481 e. The highest BCUT2D eigenvalue weighted by Crippen LogP contribution is 2.25. The van der Waals surface area contributed by atoms with Gasteiger partial charge in [0.15, 0.2) is 0 Å². The van der Waals surface area contributed by atoms with Gasteiger partial charge in [0.25, 0.3) is 0 Å². The molecule has 2 unspecified atom stereocenters. The Balaban J connectivity index is 2.03. The van der Waals surface area contributed by atoms with E-state index in [0.717, 1.165) is 25.7 Å². The summed E-state index contributed by atoms with van der Waals surface area (Å²) in [5, 5.41) is 19.1. The number of nitrogens with zero attached hydrogens (tertiary/aromatic N) is 2. The number of likely N-dealkylation sites (tertiary alicyclic amines) is 2. The fourth-order valence-electron chi connectivity index (χ4n) is 3.23. The number of carboxylic acids is 1. The third kappa shape index (κ3) is 3.62. The molecule has 0 radical (unpaired) electrons. The fraction of sp³-hybridized carbons (Fsp3) is 0.857. The van der Waals surface area contributed by atoms with Crippen LogP contribution >= 0.6 is 0 Å². The zero-order chi connectivity index (χ0) is 14.8. The summed E-state index contributed by atoms with van der Waals surface area (Å²) >= 11 is 0. The molecule has 6 heteroatoms. The molecule has 114 valence electrons. The minimum atomic E-state index is -0.861. The molecule has 2 saturated heterocycles. The van der Waals surface area contributed by atoms with Crippen LogP contribution in [0.1, 0.15) is 45.4 Å². The predicted molar refractivity (Wildman–Crippen MR) is 73.4 cm³/mol. The van der Waals surface area contributed by atoms with E-state index in [1.54, 1.807) is 16.7 Å². The van der Waals surface area contributed by atoms with Crippen LogP contribution in [0.5, 0.6) is 0 Å². The second kappa shape index (κ2) is 5.99. The summed E-state index contributed by atoms with van der Waals surface area (Å²) in [6, 6.07) is -0.323. The van der Waals surface area contributed by atoms with Gasteiger partial charge in [-0.25, -0.2) is 4.79 Å². The van der Waals surface area contributed by atoms with Crippen molar-refractivity contribution in [2.45, 2.75) is 57.1 Å². The minimum Gasteiger partial charge on any atom is -0.481 e. The number of aliphatic carboxylic acids is 1. The quantitative estimate of drug-likeness (QED) is 0.800. The molecular formula is C14H24N2O4. The monoisotopic (exact) mass is 284 g/mol. The lowest BCUT2D eigenvalue weighted by molar-refractivity contribution is -0.138. The smallest absolute Gasteiger partial charge is 0.320 e. The first-order valence-corrected chi connectivity index (χ1v) is 7.39. The van der Waals surface area contributed by atoms with Crippen molar-refractivity contribution in [3.63, 3.8) is 0 Å². The molecule has 2 fully saturated rings. The molecule has 6 nitrogen and oxygen atoms in total. The van der Waals surface area contributed by atoms with Crippen molar-refractivity contribution in [2.75, 3.05) is 19.6 Å². The van der Waals surface area contributed by atoms with E-state index in [-0.39, 0.29) is 18.5 Å². The van der Waals surface area contributed by atoms with Crippen LogP contribution < -0.4 is 0 Å². The lowest BCUT2D eigenvalue weighted by atomic mass is 9.95. The van der Waals surface area contributed by atoms with E-state index >= 15 is 0 Å². The van der Waals surface area contributed by atoms with Gasteiger partial charge >= 0.3 is 12.0 Å². The van der Waals surface area contributed by atoms with Crippen molar-refractivity contribution in [3.05, 3.63) is 0 Å². The fourth-order valence-corrected chi connectivity index (χ4v) is 3.23. The van der Waals surface area contributed by atoms with Crippen LogP contribution in [-0.4, -0.2) is 63.3 Å². The lowest BCUT2D eigenvalue weighted by Gasteiger charge is -2.42. The summed E-state index contributed by atoms with van der Waals surface area (Å²) in [5.74, 6) is -0.861. The first kappa shape index (κ1) is 15.1. The Morgan fingerprint density at radius 3 is 2.65 bits per heavy atom. The van der Waals surface area contributed by atoms with Crippen molar-refractivity contribution in [1.29, 1.82) is 0 Å². The molecule has 0 saturated carbocycles. The highest BCUT2D eigenvalue weighted by Gasteiger charge is 2.36. The van der Waals surface area contributed by atoms with Gasteiger partial charge < -0.3 is 20.0 Å². The van der Waals surface area contributed by atoms with Crippen LogP contribution in [0.3, 0.4) is 0 Å². The molecule has 2 N–H and O–H groups in total. The number of piperidine rings is 2. The van der Waals surface area contributed by atoms with E-state index in [1.807, 2.05) is 0 Å². The number of urea groups is 1. The second-order valence-electron chi connectivity index (χ2n) is 6.25. The minimum absolute atomic E-state index is 0.00989. The van der Waals surface area contributed by atoms with Gasteiger partial charge in [0.2, 0.25) is 0 Å². The Hall–Kier alpha value is -1.30. The number of hydrogen-bond donors (Lipinski definition) is 2. The molecule has 0 aliphatic carbocycles. The maximum absolute atomic E-state index is 12.6. The van der Waals surface area contributed by atoms with Gasteiger partial charge in [0, 0.05) is 19.1 Å². The van der Waals surface area contributed by atoms with E-state index in [1.165, 1.54) is 0 Å². The zero-order valence-electron chi connectivity index (χ0n) is 12.0. The average Bonchev–Trinajstić information content (AvgIpc) is 2.36. The molecular weight excluding hydrogens is 260 g/mol. The van der Waals surface area contributed by atoms with Crippen molar-refractivity contribution < 1.29 is 19.8 Å². The molecule has 0 aromatic heterocycles. The van der Waals surface area contributed by atoms with Gasteiger partial charge in [-0.3, -0.25) is 4.79 Å². The van der Waals surface area contributed by atoms with E-state index in [2.05, 4.69) is 0 Å². The van der Waals surface area contributed by atoms with Crippen LogP contribution in [-0.2, 0) is 4.79 Å². The summed E-state index contributed by atoms with van der Waals surface area (Å²) in [7, 11) is 0. The predicted octanol–water partition coefficient (Wildman–Crippen LogP) is 1.28. The summed E-state index contributed by atoms with van der Waals surface area (Å²) in [4.78, 5) is 26.9. The van der Waals surface area contributed by atoms with Crippen LogP contribution in [0, 0.1) is 0 Å². The Kier molecular flexibility index (Phi) is 4.52. The van der Waals surface area contributed by atoms with Crippen LogP contribution in [0.4, 0.5) is 4.79 Å². The molecule has 20 heavy (non-hydrogen) atoms. The highest BCUT2D eigenvalue weighted by molar-refractivity contribution is 5.76. The number of hydrogen-bond acceptors (Lipinski definition) is 3. The number of aliphatic hydroxyl groups is 1. The number of carbonyl (C=O) groups is 2.